The Kier molecular flexibility index (Phi) is 4.22. The molecular weight excluding hydrogens is 318 g/mol. The Hall–Kier alpha value is -1.59. The van der Waals surface area contributed by atoms with Crippen LogP contribution in [-0.4, -0.2) is 27.3 Å². The van der Waals surface area contributed by atoms with Crippen LogP contribution in [0.3, 0.4) is 0 Å². The molecule has 1 saturated carbocycles. The van der Waals surface area contributed by atoms with Gasteiger partial charge in [0.2, 0.25) is 0 Å². The number of pyridine rings is 1. The molecular formula is C19H25N3OS. The summed E-state index contributed by atoms with van der Waals surface area (Å²) in [6, 6.07) is 2.73. The van der Waals surface area contributed by atoms with Crippen molar-refractivity contribution in [3.63, 3.8) is 0 Å². The molecule has 3 aromatic heterocycles. The van der Waals surface area contributed by atoms with E-state index >= 15 is 0 Å². The fraction of sp³-hybridized carbons (Fsp3) is 0.526. The third kappa shape index (κ3) is 2.70. The maximum Gasteiger partial charge on any atom is 0.126 e. The maximum atomic E-state index is 9.48. The Morgan fingerprint density at radius 2 is 2.08 bits per heavy atom. The number of thiophene rings is 1. The third-order valence-electron chi connectivity index (χ3n) is 5.08. The van der Waals surface area contributed by atoms with Crippen molar-refractivity contribution in [2.75, 3.05) is 11.9 Å². The highest BCUT2D eigenvalue weighted by atomic mass is 32.1. The number of rotatable bonds is 4. The Morgan fingerprint density at radius 1 is 1.29 bits per heavy atom. The molecule has 4 rings (SSSR count). The molecule has 0 bridgehead atoms. The Morgan fingerprint density at radius 3 is 2.83 bits per heavy atom. The van der Waals surface area contributed by atoms with Gasteiger partial charge < -0.3 is 15.0 Å². The lowest BCUT2D eigenvalue weighted by Crippen LogP contribution is -2.21. The summed E-state index contributed by atoms with van der Waals surface area (Å²) < 4.78 is 3.48. The summed E-state index contributed by atoms with van der Waals surface area (Å²) in [5, 5.41) is 14.5. The lowest BCUT2D eigenvalue weighted by molar-refractivity contribution is 0.278. The zero-order valence-electron chi connectivity index (χ0n) is 14.4. The van der Waals surface area contributed by atoms with Gasteiger partial charge in [0.05, 0.1) is 22.5 Å². The van der Waals surface area contributed by atoms with Gasteiger partial charge in [0, 0.05) is 29.9 Å². The first kappa shape index (κ1) is 15.9. The molecule has 128 valence electrons. The van der Waals surface area contributed by atoms with Crippen LogP contribution in [0.15, 0.2) is 12.3 Å². The van der Waals surface area contributed by atoms with E-state index in [1.54, 1.807) is 11.3 Å². The van der Waals surface area contributed by atoms with Crippen molar-refractivity contribution >= 4 is 37.5 Å². The van der Waals surface area contributed by atoms with Gasteiger partial charge in [0.1, 0.15) is 4.83 Å². The van der Waals surface area contributed by atoms with Crippen LogP contribution in [-0.2, 0) is 6.54 Å². The molecule has 0 saturated heterocycles. The van der Waals surface area contributed by atoms with Crippen LogP contribution < -0.4 is 5.32 Å². The number of aliphatic hydroxyl groups is 1. The normalized spacial score (nSPS) is 16.3. The van der Waals surface area contributed by atoms with Crippen LogP contribution in [0.25, 0.3) is 20.4 Å². The highest BCUT2D eigenvalue weighted by molar-refractivity contribution is 7.26. The number of nitrogens with zero attached hydrogens (tertiary/aromatic N) is 2. The van der Waals surface area contributed by atoms with E-state index in [0.717, 1.165) is 10.5 Å². The van der Waals surface area contributed by atoms with E-state index in [2.05, 4.69) is 36.0 Å². The fourth-order valence-electron chi connectivity index (χ4n) is 4.01. The van der Waals surface area contributed by atoms with E-state index in [9.17, 15) is 5.11 Å². The van der Waals surface area contributed by atoms with Crippen molar-refractivity contribution in [3.05, 3.63) is 23.5 Å². The molecule has 0 aromatic carbocycles. The minimum absolute atomic E-state index is 0.155. The van der Waals surface area contributed by atoms with Gasteiger partial charge in [-0.05, 0) is 38.3 Å². The molecule has 1 fully saturated rings. The number of hydrogen-bond acceptors (Lipinski definition) is 4. The number of fused-ring (bicyclic) bond motifs is 3. The van der Waals surface area contributed by atoms with E-state index < -0.39 is 0 Å². The summed E-state index contributed by atoms with van der Waals surface area (Å²) in [5.41, 5.74) is 4.78. The molecule has 0 atom stereocenters. The van der Waals surface area contributed by atoms with Crippen LogP contribution >= 0.6 is 11.3 Å². The molecule has 4 nitrogen and oxygen atoms in total. The molecule has 24 heavy (non-hydrogen) atoms. The predicted molar refractivity (Wildman–Crippen MR) is 102 cm³/mol. The molecule has 0 spiro atoms. The predicted octanol–water partition coefficient (Wildman–Crippen LogP) is 4.60. The van der Waals surface area contributed by atoms with E-state index in [-0.39, 0.29) is 6.61 Å². The van der Waals surface area contributed by atoms with Crippen molar-refractivity contribution in [1.29, 1.82) is 0 Å². The standard InChI is InChI=1S/C19H25N3OS/c1-12-10-13(2)20-19-16(12)17-18(24-19)15(11-22(17)8-9-23)21-14-6-4-3-5-7-14/h10-11,14,21,23H,3-9H2,1-2H3. The first-order chi connectivity index (χ1) is 11.7. The van der Waals surface area contributed by atoms with Crippen LogP contribution in [0.2, 0.25) is 0 Å². The SMILES string of the molecule is Cc1cc(C)c2c(n1)sc1c(NC3CCCCC3)cn(CCO)c12. The van der Waals surface area contributed by atoms with Gasteiger partial charge in [0.25, 0.3) is 0 Å². The molecule has 0 aliphatic heterocycles. The summed E-state index contributed by atoms with van der Waals surface area (Å²) in [4.78, 5) is 5.86. The lowest BCUT2D eigenvalue weighted by atomic mass is 9.95. The molecule has 5 heteroatoms. The fourth-order valence-corrected chi connectivity index (χ4v) is 5.29. The monoisotopic (exact) mass is 343 g/mol. The molecule has 1 aliphatic carbocycles. The summed E-state index contributed by atoms with van der Waals surface area (Å²) in [5.74, 6) is 0. The van der Waals surface area contributed by atoms with Crippen LogP contribution in [0.4, 0.5) is 5.69 Å². The largest absolute Gasteiger partial charge is 0.395 e. The van der Waals surface area contributed by atoms with Gasteiger partial charge in [-0.25, -0.2) is 4.98 Å². The van der Waals surface area contributed by atoms with E-state index in [1.807, 2.05) is 0 Å². The van der Waals surface area contributed by atoms with E-state index in [0.29, 0.717) is 12.6 Å². The Bertz CT molecular complexity index is 874. The summed E-state index contributed by atoms with van der Waals surface area (Å²) in [6.07, 6.45) is 8.71. The van der Waals surface area contributed by atoms with Crippen molar-refractivity contribution in [2.45, 2.75) is 58.5 Å². The number of aryl methyl sites for hydroxylation is 2. The Labute approximate surface area is 146 Å². The zero-order chi connectivity index (χ0) is 16.7. The zero-order valence-corrected chi connectivity index (χ0v) is 15.2. The first-order valence-corrected chi connectivity index (χ1v) is 9.76. The highest BCUT2D eigenvalue weighted by Gasteiger charge is 2.20. The molecule has 1 aliphatic rings. The summed E-state index contributed by atoms with van der Waals surface area (Å²) in [7, 11) is 0. The number of hydrogen-bond donors (Lipinski definition) is 2. The summed E-state index contributed by atoms with van der Waals surface area (Å²) in [6.45, 7) is 5.00. The van der Waals surface area contributed by atoms with Crippen LogP contribution in [0.1, 0.15) is 43.4 Å². The number of anilines is 1. The van der Waals surface area contributed by atoms with Gasteiger partial charge in [0.15, 0.2) is 0 Å². The lowest BCUT2D eigenvalue weighted by Gasteiger charge is -2.23. The Balaban J connectivity index is 1.86. The second-order valence-electron chi connectivity index (χ2n) is 6.98. The quantitative estimate of drug-likeness (QED) is 0.727. The smallest absolute Gasteiger partial charge is 0.126 e. The first-order valence-electron chi connectivity index (χ1n) is 8.94. The number of aromatic nitrogens is 2. The average molecular weight is 343 g/mol. The molecule has 2 N–H and O–H groups in total. The van der Waals surface area contributed by atoms with Gasteiger partial charge in [-0.15, -0.1) is 11.3 Å². The molecule has 0 radical (unpaired) electrons. The van der Waals surface area contributed by atoms with Gasteiger partial charge in [-0.1, -0.05) is 19.3 Å². The van der Waals surface area contributed by atoms with E-state index in [1.165, 1.54) is 59.0 Å². The average Bonchev–Trinajstić information content (AvgIpc) is 3.07. The maximum absolute atomic E-state index is 9.48. The second kappa shape index (κ2) is 6.37. The molecule has 0 amide bonds. The van der Waals surface area contributed by atoms with Crippen molar-refractivity contribution in [1.82, 2.24) is 9.55 Å². The molecule has 3 aromatic rings. The van der Waals surface area contributed by atoms with Gasteiger partial charge in [-0.2, -0.15) is 0 Å². The van der Waals surface area contributed by atoms with Crippen molar-refractivity contribution in [3.8, 4) is 0 Å². The van der Waals surface area contributed by atoms with Crippen LogP contribution in [0.5, 0.6) is 0 Å². The minimum Gasteiger partial charge on any atom is -0.395 e. The van der Waals surface area contributed by atoms with Crippen molar-refractivity contribution < 1.29 is 5.11 Å². The highest BCUT2D eigenvalue weighted by Crippen LogP contribution is 2.41. The third-order valence-corrected chi connectivity index (χ3v) is 6.19. The number of nitrogens with one attached hydrogen (secondary N) is 1. The topological polar surface area (TPSA) is 50.1 Å². The second-order valence-corrected chi connectivity index (χ2v) is 7.98. The van der Waals surface area contributed by atoms with Gasteiger partial charge >= 0.3 is 0 Å². The number of aliphatic hydroxyl groups excluding tert-OH is 1. The van der Waals surface area contributed by atoms with E-state index in [4.69, 9.17) is 4.98 Å². The van der Waals surface area contributed by atoms with Gasteiger partial charge in [-0.3, -0.25) is 0 Å². The molecule has 0 unspecified atom stereocenters. The summed E-state index contributed by atoms with van der Waals surface area (Å²) >= 11 is 1.78. The van der Waals surface area contributed by atoms with Crippen LogP contribution in [0, 0.1) is 13.8 Å². The van der Waals surface area contributed by atoms with Crippen molar-refractivity contribution in [2.24, 2.45) is 0 Å². The minimum atomic E-state index is 0.155. The molecule has 3 heterocycles.